The summed E-state index contributed by atoms with van der Waals surface area (Å²) in [5.41, 5.74) is -4.48. The number of quaternary nitrogens is 1. The van der Waals surface area contributed by atoms with Crippen LogP contribution in [0, 0.1) is 11.8 Å². The summed E-state index contributed by atoms with van der Waals surface area (Å²) in [6.45, 7) is 7.85. The van der Waals surface area contributed by atoms with Crippen molar-refractivity contribution in [1.82, 2.24) is 0 Å². The van der Waals surface area contributed by atoms with Gasteiger partial charge in [-0.1, -0.05) is 30.3 Å². The number of carbonyl (C=O) groups excluding carboxylic acids is 2. The first-order valence-electron chi connectivity index (χ1n) is 11.0. The van der Waals surface area contributed by atoms with Crippen LogP contribution in [0.5, 0.6) is 0 Å². The molecule has 2 saturated heterocycles. The minimum absolute atomic E-state index is 0.0107. The van der Waals surface area contributed by atoms with Crippen LogP contribution in [-0.2, 0) is 35.8 Å². The molecule has 0 spiro atoms. The Hall–Kier alpha value is -2.02. The van der Waals surface area contributed by atoms with E-state index in [0.29, 0.717) is 32.4 Å². The molecule has 0 saturated carbocycles. The molecule has 0 amide bonds. The van der Waals surface area contributed by atoms with E-state index in [2.05, 4.69) is 19.1 Å². The number of halogens is 3. The molecule has 34 heavy (non-hydrogen) atoms. The maximum absolute atomic E-state index is 12.7. The second-order valence-corrected chi connectivity index (χ2v) is 9.81. The minimum Gasteiger partial charge on any atom is -0.741 e. The average Bonchev–Trinajstić information content (AvgIpc) is 2.77. The van der Waals surface area contributed by atoms with Gasteiger partial charge in [0, 0.05) is 6.42 Å². The number of hydrogen-bond donors (Lipinski definition) is 0. The van der Waals surface area contributed by atoms with Crippen LogP contribution in [0.3, 0.4) is 0 Å². The topological polar surface area (TPSA) is 110 Å². The first-order chi connectivity index (χ1) is 15.8. The lowest BCUT2D eigenvalue weighted by Crippen LogP contribution is -2.69. The molecule has 0 N–H and O–H groups in total. The number of rotatable bonds is 7. The van der Waals surface area contributed by atoms with Gasteiger partial charge >= 0.3 is 11.5 Å². The fourth-order valence-electron chi connectivity index (χ4n) is 4.62. The number of hydrogen-bond acceptors (Lipinski definition) is 7. The Morgan fingerprint density at radius 3 is 2.29 bits per heavy atom. The van der Waals surface area contributed by atoms with Gasteiger partial charge < -0.3 is 18.5 Å². The van der Waals surface area contributed by atoms with Crippen molar-refractivity contribution in [2.45, 2.75) is 44.8 Å². The molecule has 2 aliphatic rings. The van der Waals surface area contributed by atoms with E-state index >= 15 is 0 Å². The van der Waals surface area contributed by atoms with Crippen molar-refractivity contribution >= 4 is 21.9 Å². The van der Waals surface area contributed by atoms with Crippen molar-refractivity contribution in [3.8, 4) is 0 Å². The lowest BCUT2D eigenvalue weighted by Gasteiger charge is -2.53. The number of benzene rings is 1. The summed E-state index contributed by atoms with van der Waals surface area (Å²) < 4.78 is 70.9. The first kappa shape index (κ1) is 28.2. The Labute approximate surface area is 197 Å². The highest BCUT2D eigenvalue weighted by Crippen LogP contribution is 2.37. The minimum atomic E-state index is -6.09. The molecule has 2 heterocycles. The normalized spacial score (nSPS) is 26.9. The molecule has 0 radical (unpaired) electrons. The van der Waals surface area contributed by atoms with E-state index < -0.39 is 21.5 Å². The van der Waals surface area contributed by atoms with Crippen molar-refractivity contribution in [2.75, 3.05) is 32.8 Å². The largest absolute Gasteiger partial charge is 0.741 e. The zero-order valence-electron chi connectivity index (χ0n) is 19.1. The molecule has 0 aliphatic carbocycles. The average molecular weight is 510 g/mol. The molecule has 12 heteroatoms. The van der Waals surface area contributed by atoms with Gasteiger partial charge in [0.15, 0.2) is 21.8 Å². The molecule has 4 atom stereocenters. The Kier molecular flexibility index (Phi) is 9.63. The molecule has 1 aromatic rings. The zero-order chi connectivity index (χ0) is 25.6. The highest BCUT2D eigenvalue weighted by atomic mass is 32.2. The van der Waals surface area contributed by atoms with Gasteiger partial charge in [-0.25, -0.2) is 8.42 Å². The molecule has 192 valence electrons. The van der Waals surface area contributed by atoms with E-state index in [1.807, 2.05) is 18.2 Å². The zero-order valence-corrected chi connectivity index (χ0v) is 19.9. The fourth-order valence-corrected chi connectivity index (χ4v) is 4.62. The molecule has 0 aromatic heterocycles. The Morgan fingerprint density at radius 1 is 1.15 bits per heavy atom. The molecule has 2 bridgehead atoms. The number of Topliss-reactive ketones (excluding diaryl/α,β-unsaturated/α-hetero) is 1. The second kappa shape index (κ2) is 11.6. The second-order valence-electron chi connectivity index (χ2n) is 8.44. The molecular formula is C22H30F3NO7S. The predicted octanol–water partition coefficient (Wildman–Crippen LogP) is 2.63. The summed E-state index contributed by atoms with van der Waals surface area (Å²) in [5, 5.41) is 0. The number of alkyl halides is 3. The first-order valence-corrected chi connectivity index (χ1v) is 12.5. The van der Waals surface area contributed by atoms with Gasteiger partial charge in [-0.2, -0.15) is 13.2 Å². The third-order valence-electron chi connectivity index (χ3n) is 6.41. The van der Waals surface area contributed by atoms with Crippen LogP contribution in [0.4, 0.5) is 13.2 Å². The van der Waals surface area contributed by atoms with Crippen LogP contribution >= 0.6 is 0 Å². The number of ketones is 1. The van der Waals surface area contributed by atoms with Crippen molar-refractivity contribution in [2.24, 2.45) is 11.8 Å². The van der Waals surface area contributed by atoms with E-state index in [-0.39, 0.29) is 17.7 Å². The predicted molar refractivity (Wildman–Crippen MR) is 114 cm³/mol. The smallest absolute Gasteiger partial charge is 0.485 e. The highest BCUT2D eigenvalue weighted by Gasteiger charge is 2.54. The number of nitrogens with zero attached hydrogens (tertiary/aromatic N) is 1. The fraction of sp³-hybridized carbons (Fsp3) is 0.636. The van der Waals surface area contributed by atoms with Crippen molar-refractivity contribution < 1.29 is 49.7 Å². The van der Waals surface area contributed by atoms with Crippen molar-refractivity contribution in [3.63, 3.8) is 0 Å². The molecule has 2 aliphatic heterocycles. The van der Waals surface area contributed by atoms with Crippen molar-refractivity contribution in [1.29, 1.82) is 0 Å². The third-order valence-corrected chi connectivity index (χ3v) is 6.97. The van der Waals surface area contributed by atoms with E-state index in [1.165, 1.54) is 5.56 Å². The molecule has 4 unspecified atom stereocenters. The molecule has 1 aromatic carbocycles. The number of piperidine rings is 2. The number of esters is 1. The van der Waals surface area contributed by atoms with Crippen molar-refractivity contribution in [3.05, 3.63) is 35.9 Å². The number of carbonyl (C=O) groups is 2. The van der Waals surface area contributed by atoms with Gasteiger partial charge in [-0.3, -0.25) is 9.59 Å². The Balaban J connectivity index is 0.000000440. The van der Waals surface area contributed by atoms with Crippen LogP contribution in [-0.4, -0.2) is 73.6 Å². The summed E-state index contributed by atoms with van der Waals surface area (Å²) in [4.78, 5) is 25.0. The van der Waals surface area contributed by atoms with E-state index in [4.69, 9.17) is 22.4 Å². The van der Waals surface area contributed by atoms with E-state index in [1.54, 1.807) is 6.92 Å². The van der Waals surface area contributed by atoms with Crippen LogP contribution in [0.1, 0.15) is 32.3 Å². The molecule has 2 fully saturated rings. The summed E-state index contributed by atoms with van der Waals surface area (Å²) in [7, 11) is -6.09. The number of likely N-dealkylation sites (N-methyl/N-ethyl adjacent to an activating group) is 1. The van der Waals surface area contributed by atoms with Crippen LogP contribution in [0.2, 0.25) is 0 Å². The summed E-state index contributed by atoms with van der Waals surface area (Å²) in [6.07, 6.45) is 1.84. The van der Waals surface area contributed by atoms with Gasteiger partial charge in [0.2, 0.25) is 0 Å². The molecule has 8 nitrogen and oxygen atoms in total. The lowest BCUT2D eigenvalue weighted by atomic mass is 9.77. The third kappa shape index (κ3) is 7.00. The molecule has 3 rings (SSSR count). The molecular weight excluding hydrogens is 479 g/mol. The van der Waals surface area contributed by atoms with Gasteiger partial charge in [0.25, 0.3) is 0 Å². The van der Waals surface area contributed by atoms with Crippen LogP contribution in [0.15, 0.2) is 30.3 Å². The lowest BCUT2D eigenvalue weighted by molar-refractivity contribution is -0.961. The van der Waals surface area contributed by atoms with Gasteiger partial charge in [-0.05, 0) is 25.8 Å². The van der Waals surface area contributed by atoms with Crippen LogP contribution < -0.4 is 0 Å². The highest BCUT2D eigenvalue weighted by molar-refractivity contribution is 7.86. The summed E-state index contributed by atoms with van der Waals surface area (Å²) in [6, 6.07) is 10.5. The number of fused-ring (bicyclic) bond motifs is 2. The van der Waals surface area contributed by atoms with E-state index in [0.717, 1.165) is 30.4 Å². The maximum Gasteiger partial charge on any atom is 0.485 e. The van der Waals surface area contributed by atoms with E-state index in [9.17, 15) is 22.8 Å². The van der Waals surface area contributed by atoms with Gasteiger partial charge in [-0.15, -0.1) is 0 Å². The summed E-state index contributed by atoms with van der Waals surface area (Å²) in [5.74, 6) is -0.868. The van der Waals surface area contributed by atoms with Gasteiger partial charge in [0.05, 0.1) is 45.4 Å². The van der Waals surface area contributed by atoms with Gasteiger partial charge in [0.1, 0.15) is 6.04 Å². The number of ether oxygens (including phenoxy) is 2. The Morgan fingerprint density at radius 2 is 1.76 bits per heavy atom. The maximum atomic E-state index is 12.7. The standard InChI is InChI=1S/C21H30NO4.CHF3O3S/c1-3-22-12-17(20(23)19(13-22)21(24)26-4-2)10-11-18(22)15-25-14-16-8-6-5-7-9-16;2-1(3,4)8(5,6)7/h5-9,17-19H,3-4,10-15H2,1-2H3;(H,5,6,7)/q+1;/p-1. The van der Waals surface area contributed by atoms with Crippen LogP contribution in [0.25, 0.3) is 0 Å². The monoisotopic (exact) mass is 509 g/mol. The Bertz CT molecular complexity index is 940. The SMILES string of the molecule is CCOC(=O)C1C[N+]2(CC)CC(CCC2COCc2ccccc2)C1=O.O=S(=O)([O-])C(F)(F)F. The summed E-state index contributed by atoms with van der Waals surface area (Å²) >= 11 is 0. The quantitative estimate of drug-likeness (QED) is 0.183.